The first kappa shape index (κ1) is 27.1. The van der Waals surface area contributed by atoms with Crippen LogP contribution in [0.2, 0.25) is 0 Å². The molecule has 2 amide bonds. The summed E-state index contributed by atoms with van der Waals surface area (Å²) in [5.74, 6) is 0.820. The molecule has 1 saturated carbocycles. The molecule has 0 radical (unpaired) electrons. The molecule has 0 aliphatic heterocycles. The zero-order chi connectivity index (χ0) is 27.3. The van der Waals surface area contributed by atoms with Crippen LogP contribution in [0.3, 0.4) is 0 Å². The molecule has 1 aliphatic rings. The van der Waals surface area contributed by atoms with Crippen LogP contribution in [-0.4, -0.2) is 55.0 Å². The van der Waals surface area contributed by atoms with Crippen molar-refractivity contribution in [3.8, 4) is 11.5 Å². The number of methoxy groups -OCH3 is 2. The van der Waals surface area contributed by atoms with Crippen molar-refractivity contribution in [2.45, 2.75) is 38.0 Å². The van der Waals surface area contributed by atoms with Gasteiger partial charge in [-0.3, -0.25) is 9.59 Å². The summed E-state index contributed by atoms with van der Waals surface area (Å²) in [6.45, 7) is 0.271. The van der Waals surface area contributed by atoms with Crippen molar-refractivity contribution in [2.24, 2.45) is 0 Å². The predicted octanol–water partition coefficient (Wildman–Crippen LogP) is 5.19. The number of carbonyl (C=O) groups is 2. The van der Waals surface area contributed by atoms with Gasteiger partial charge in [-0.1, -0.05) is 12.1 Å². The summed E-state index contributed by atoms with van der Waals surface area (Å²) >= 11 is 0. The highest BCUT2D eigenvalue weighted by molar-refractivity contribution is 5.97. The highest BCUT2D eigenvalue weighted by Gasteiger charge is 2.37. The predicted molar refractivity (Wildman–Crippen MR) is 133 cm³/mol. The number of furan rings is 1. The van der Waals surface area contributed by atoms with E-state index in [0.717, 1.165) is 17.7 Å². The van der Waals surface area contributed by atoms with E-state index in [1.807, 2.05) is 12.1 Å². The Balaban J connectivity index is 1.51. The van der Waals surface area contributed by atoms with Crippen LogP contribution in [0.15, 0.2) is 65.3 Å². The number of carbonyl (C=O) groups excluding carboxylic acids is 2. The fourth-order valence-electron chi connectivity index (χ4n) is 4.18. The molecular formula is C28H29F3N2O5. The van der Waals surface area contributed by atoms with Gasteiger partial charge < -0.3 is 23.7 Å². The van der Waals surface area contributed by atoms with E-state index in [-0.39, 0.29) is 30.6 Å². The van der Waals surface area contributed by atoms with Crippen LogP contribution in [-0.2, 0) is 23.9 Å². The maximum Gasteiger partial charge on any atom is 0.416 e. The second-order valence-corrected chi connectivity index (χ2v) is 9.08. The fraction of sp³-hybridized carbons (Fsp3) is 0.357. The van der Waals surface area contributed by atoms with Crippen LogP contribution >= 0.6 is 0 Å². The normalized spacial score (nSPS) is 13.2. The Morgan fingerprint density at radius 2 is 1.76 bits per heavy atom. The molecule has 0 unspecified atom stereocenters. The quantitative estimate of drug-likeness (QED) is 0.341. The molecule has 1 heterocycles. The molecule has 4 rings (SSSR count). The number of rotatable bonds is 11. The molecule has 38 heavy (non-hydrogen) atoms. The van der Waals surface area contributed by atoms with Gasteiger partial charge >= 0.3 is 6.18 Å². The minimum atomic E-state index is -4.57. The Morgan fingerprint density at radius 1 is 1.00 bits per heavy atom. The van der Waals surface area contributed by atoms with Crippen molar-refractivity contribution >= 4 is 11.8 Å². The summed E-state index contributed by atoms with van der Waals surface area (Å²) < 4.78 is 55.7. The summed E-state index contributed by atoms with van der Waals surface area (Å²) in [4.78, 5) is 29.7. The van der Waals surface area contributed by atoms with Gasteiger partial charge in [-0.25, -0.2) is 0 Å². The van der Waals surface area contributed by atoms with Gasteiger partial charge in [0.2, 0.25) is 5.91 Å². The topological polar surface area (TPSA) is 72.2 Å². The minimum absolute atomic E-state index is 0.0950. The number of halogens is 3. The van der Waals surface area contributed by atoms with Gasteiger partial charge in [-0.15, -0.1) is 0 Å². The van der Waals surface area contributed by atoms with Crippen LogP contribution in [0.5, 0.6) is 11.5 Å². The Morgan fingerprint density at radius 3 is 2.39 bits per heavy atom. The molecule has 0 saturated heterocycles. The maximum atomic E-state index is 13.5. The lowest BCUT2D eigenvalue weighted by Gasteiger charge is -2.27. The molecular weight excluding hydrogens is 501 g/mol. The van der Waals surface area contributed by atoms with Crippen molar-refractivity contribution in [1.82, 2.24) is 9.80 Å². The van der Waals surface area contributed by atoms with Crippen molar-refractivity contribution in [1.29, 1.82) is 0 Å². The lowest BCUT2D eigenvalue weighted by atomic mass is 10.1. The van der Waals surface area contributed by atoms with Crippen LogP contribution in [0.25, 0.3) is 0 Å². The van der Waals surface area contributed by atoms with E-state index < -0.39 is 17.6 Å². The molecule has 1 aliphatic carbocycles. The molecule has 202 valence electrons. The van der Waals surface area contributed by atoms with Crippen LogP contribution in [0.1, 0.15) is 40.1 Å². The van der Waals surface area contributed by atoms with E-state index in [1.165, 1.54) is 23.3 Å². The summed E-state index contributed by atoms with van der Waals surface area (Å²) in [7, 11) is 3.09. The third kappa shape index (κ3) is 6.67. The average Bonchev–Trinajstić information content (AvgIpc) is 3.63. The first-order valence-electron chi connectivity index (χ1n) is 12.2. The second-order valence-electron chi connectivity index (χ2n) is 9.08. The van der Waals surface area contributed by atoms with Crippen molar-refractivity contribution in [3.05, 3.63) is 83.3 Å². The Bertz CT molecular complexity index is 1260. The molecule has 10 heteroatoms. The third-order valence-electron chi connectivity index (χ3n) is 6.39. The first-order chi connectivity index (χ1) is 18.2. The van der Waals surface area contributed by atoms with Crippen molar-refractivity contribution in [2.75, 3.05) is 27.3 Å². The van der Waals surface area contributed by atoms with E-state index in [9.17, 15) is 22.8 Å². The summed E-state index contributed by atoms with van der Waals surface area (Å²) in [6.07, 6.45) is -1.16. The Labute approximate surface area is 218 Å². The lowest BCUT2D eigenvalue weighted by molar-refractivity contribution is -0.137. The molecule has 7 nitrogen and oxygen atoms in total. The first-order valence-corrected chi connectivity index (χ1v) is 12.2. The largest absolute Gasteiger partial charge is 0.493 e. The van der Waals surface area contributed by atoms with Crippen molar-refractivity contribution in [3.63, 3.8) is 0 Å². The van der Waals surface area contributed by atoms with E-state index >= 15 is 0 Å². The highest BCUT2D eigenvalue weighted by Crippen LogP contribution is 2.32. The highest BCUT2D eigenvalue weighted by atomic mass is 19.4. The molecule has 3 aromatic rings. The van der Waals surface area contributed by atoms with Crippen LogP contribution in [0, 0.1) is 0 Å². The molecule has 1 aromatic heterocycles. The Kier molecular flexibility index (Phi) is 8.29. The number of hydrogen-bond acceptors (Lipinski definition) is 5. The molecule has 2 aromatic carbocycles. The number of alkyl halides is 3. The van der Waals surface area contributed by atoms with Gasteiger partial charge in [0, 0.05) is 18.2 Å². The van der Waals surface area contributed by atoms with Crippen LogP contribution < -0.4 is 9.47 Å². The number of ether oxygens (including phenoxy) is 2. The van der Waals surface area contributed by atoms with Gasteiger partial charge in [-0.05, 0) is 67.3 Å². The molecule has 0 bridgehead atoms. The number of nitrogens with zero attached hydrogens (tertiary/aromatic N) is 2. The van der Waals surface area contributed by atoms with Gasteiger partial charge in [0.15, 0.2) is 11.5 Å². The number of amides is 2. The lowest BCUT2D eigenvalue weighted by Crippen LogP contribution is -2.44. The molecule has 1 fully saturated rings. The number of hydrogen-bond donors (Lipinski definition) is 0. The van der Waals surface area contributed by atoms with Gasteiger partial charge in [0.1, 0.15) is 12.3 Å². The molecule has 0 atom stereocenters. The van der Waals surface area contributed by atoms with Crippen molar-refractivity contribution < 1.29 is 36.7 Å². The van der Waals surface area contributed by atoms with Crippen LogP contribution in [0.4, 0.5) is 13.2 Å². The smallest absolute Gasteiger partial charge is 0.416 e. The van der Waals surface area contributed by atoms with E-state index in [4.69, 9.17) is 13.9 Å². The average molecular weight is 531 g/mol. The van der Waals surface area contributed by atoms with E-state index in [2.05, 4.69) is 0 Å². The summed E-state index contributed by atoms with van der Waals surface area (Å²) in [5, 5.41) is 0. The zero-order valence-electron chi connectivity index (χ0n) is 21.2. The van der Waals surface area contributed by atoms with E-state index in [1.54, 1.807) is 37.3 Å². The SMILES string of the molecule is COc1ccc(CCN(Cc2ccco2)C(=O)CN(C(=O)c2cccc(C(F)(F)F)c2)C2CC2)cc1OC. The summed E-state index contributed by atoms with van der Waals surface area (Å²) in [6, 6.07) is 13.1. The monoisotopic (exact) mass is 530 g/mol. The second kappa shape index (κ2) is 11.6. The number of benzene rings is 2. The minimum Gasteiger partial charge on any atom is -0.493 e. The van der Waals surface area contributed by atoms with Gasteiger partial charge in [0.25, 0.3) is 5.91 Å². The Hall–Kier alpha value is -3.95. The molecule has 0 spiro atoms. The summed E-state index contributed by atoms with van der Waals surface area (Å²) in [5.41, 5.74) is -0.0822. The maximum absolute atomic E-state index is 13.5. The molecule has 0 N–H and O–H groups in total. The standard InChI is InChI=1S/C28H29F3N2O5/c1-36-24-11-8-19(15-25(24)37-2)12-13-32(17-23-7-4-14-38-23)26(34)18-33(22-9-10-22)27(35)20-5-3-6-21(16-20)28(29,30)31/h3-8,11,14-16,22H,9-10,12-13,17-18H2,1-2H3. The van der Waals surface area contributed by atoms with Gasteiger partial charge in [0.05, 0.1) is 32.6 Å². The fourth-order valence-corrected chi connectivity index (χ4v) is 4.18. The van der Waals surface area contributed by atoms with Gasteiger partial charge in [-0.2, -0.15) is 13.2 Å². The third-order valence-corrected chi connectivity index (χ3v) is 6.39. The zero-order valence-corrected chi connectivity index (χ0v) is 21.2. The van der Waals surface area contributed by atoms with E-state index in [0.29, 0.717) is 43.1 Å².